The van der Waals surface area contributed by atoms with Gasteiger partial charge in [0.05, 0.1) is 30.5 Å². The zero-order chi connectivity index (χ0) is 21.2. The van der Waals surface area contributed by atoms with Gasteiger partial charge in [0.25, 0.3) is 0 Å². The van der Waals surface area contributed by atoms with Crippen LogP contribution in [0.15, 0.2) is 12.1 Å². The summed E-state index contributed by atoms with van der Waals surface area (Å²) in [5, 5.41) is 2.72. The van der Waals surface area contributed by atoms with Gasteiger partial charge in [-0.15, -0.1) is 0 Å². The Bertz CT molecular complexity index is 776. The average molecular weight is 411 g/mol. The largest absolute Gasteiger partial charge is 0.444 e. The van der Waals surface area contributed by atoms with E-state index in [1.807, 2.05) is 4.90 Å². The molecule has 2 heterocycles. The number of hydrogen-bond acceptors (Lipinski definition) is 5. The van der Waals surface area contributed by atoms with Crippen molar-refractivity contribution in [3.63, 3.8) is 0 Å². The van der Waals surface area contributed by atoms with Crippen LogP contribution in [0.5, 0.6) is 0 Å². The first-order valence-corrected chi connectivity index (χ1v) is 9.74. The first-order chi connectivity index (χ1) is 13.6. The van der Waals surface area contributed by atoms with Crippen molar-refractivity contribution in [2.24, 2.45) is 5.92 Å². The molecule has 1 aromatic rings. The van der Waals surface area contributed by atoms with Gasteiger partial charge in [-0.3, -0.25) is 4.79 Å². The SMILES string of the molecule is CC(C)(C)OC(=O)N1CC[C@@H](C(=O)Nc2cc(F)c(F)cc2N2CCOCC2)C1. The van der Waals surface area contributed by atoms with E-state index in [4.69, 9.17) is 9.47 Å². The number of morpholine rings is 1. The van der Waals surface area contributed by atoms with E-state index >= 15 is 0 Å². The van der Waals surface area contributed by atoms with Crippen LogP contribution in [0.25, 0.3) is 0 Å². The van der Waals surface area contributed by atoms with Gasteiger partial charge in [0.15, 0.2) is 11.6 Å². The molecule has 2 aliphatic heterocycles. The smallest absolute Gasteiger partial charge is 0.410 e. The second kappa shape index (κ2) is 8.52. The molecule has 0 aromatic heterocycles. The summed E-state index contributed by atoms with van der Waals surface area (Å²) in [6.45, 7) is 7.94. The zero-order valence-corrected chi connectivity index (χ0v) is 17.0. The molecule has 0 bridgehead atoms. The molecule has 2 fully saturated rings. The Labute approximate surface area is 168 Å². The number of rotatable bonds is 3. The van der Waals surface area contributed by atoms with Crippen molar-refractivity contribution < 1.29 is 27.8 Å². The fourth-order valence-electron chi connectivity index (χ4n) is 3.40. The molecule has 2 aliphatic rings. The number of halogens is 2. The monoisotopic (exact) mass is 411 g/mol. The minimum Gasteiger partial charge on any atom is -0.444 e. The molecule has 0 spiro atoms. The predicted octanol–water partition coefficient (Wildman–Crippen LogP) is 3.00. The number of anilines is 2. The molecule has 0 aliphatic carbocycles. The van der Waals surface area contributed by atoms with E-state index < -0.39 is 29.2 Å². The molecule has 1 atom stereocenters. The number of ether oxygens (including phenoxy) is 2. The molecule has 2 amide bonds. The van der Waals surface area contributed by atoms with Crippen molar-refractivity contribution in [2.45, 2.75) is 32.8 Å². The van der Waals surface area contributed by atoms with Crippen LogP contribution in [-0.4, -0.2) is 61.9 Å². The van der Waals surface area contributed by atoms with Crippen molar-refractivity contribution in [2.75, 3.05) is 49.6 Å². The second-order valence-corrected chi connectivity index (χ2v) is 8.28. The Morgan fingerprint density at radius 2 is 1.79 bits per heavy atom. The topological polar surface area (TPSA) is 71.1 Å². The summed E-state index contributed by atoms with van der Waals surface area (Å²) in [5.74, 6) is -2.79. The van der Waals surface area contributed by atoms with Crippen molar-refractivity contribution in [1.29, 1.82) is 0 Å². The maximum atomic E-state index is 13.8. The Morgan fingerprint density at radius 3 is 2.45 bits per heavy atom. The van der Waals surface area contributed by atoms with Crippen molar-refractivity contribution in [3.05, 3.63) is 23.8 Å². The molecule has 0 unspecified atom stereocenters. The molecule has 9 heteroatoms. The molecule has 0 radical (unpaired) electrons. The predicted molar refractivity (Wildman–Crippen MR) is 104 cm³/mol. The minimum atomic E-state index is -1.03. The van der Waals surface area contributed by atoms with Crippen LogP contribution in [0.2, 0.25) is 0 Å². The Morgan fingerprint density at radius 1 is 1.14 bits per heavy atom. The van der Waals surface area contributed by atoms with Gasteiger partial charge in [-0.1, -0.05) is 0 Å². The highest BCUT2D eigenvalue weighted by molar-refractivity contribution is 5.96. The Hall–Kier alpha value is -2.42. The van der Waals surface area contributed by atoms with Gasteiger partial charge in [-0.2, -0.15) is 0 Å². The number of carbonyl (C=O) groups is 2. The molecule has 0 saturated carbocycles. The molecule has 29 heavy (non-hydrogen) atoms. The Kier molecular flexibility index (Phi) is 6.26. The van der Waals surface area contributed by atoms with E-state index in [0.717, 1.165) is 12.1 Å². The third-order valence-corrected chi connectivity index (χ3v) is 4.86. The number of amides is 2. The molecule has 1 N–H and O–H groups in total. The van der Waals surface area contributed by atoms with Crippen LogP contribution in [0.4, 0.5) is 25.0 Å². The lowest BCUT2D eigenvalue weighted by molar-refractivity contribution is -0.119. The summed E-state index contributed by atoms with van der Waals surface area (Å²) in [4.78, 5) is 28.3. The summed E-state index contributed by atoms with van der Waals surface area (Å²) < 4.78 is 38.3. The van der Waals surface area contributed by atoms with Crippen LogP contribution in [0, 0.1) is 17.6 Å². The van der Waals surface area contributed by atoms with E-state index in [1.54, 1.807) is 20.8 Å². The van der Waals surface area contributed by atoms with Crippen LogP contribution in [0.3, 0.4) is 0 Å². The average Bonchev–Trinajstić information content (AvgIpc) is 3.14. The van der Waals surface area contributed by atoms with Gasteiger partial charge >= 0.3 is 6.09 Å². The van der Waals surface area contributed by atoms with Crippen LogP contribution >= 0.6 is 0 Å². The molecule has 7 nitrogen and oxygen atoms in total. The van der Waals surface area contributed by atoms with E-state index in [2.05, 4.69) is 5.32 Å². The van der Waals surface area contributed by atoms with Crippen LogP contribution in [-0.2, 0) is 14.3 Å². The van der Waals surface area contributed by atoms with E-state index in [9.17, 15) is 18.4 Å². The summed E-state index contributed by atoms with van der Waals surface area (Å²) in [5.41, 5.74) is 0.0184. The van der Waals surface area contributed by atoms with Gasteiger partial charge < -0.3 is 24.6 Å². The first-order valence-electron chi connectivity index (χ1n) is 9.74. The highest BCUT2D eigenvalue weighted by Gasteiger charge is 2.34. The van der Waals surface area contributed by atoms with E-state index in [-0.39, 0.29) is 18.1 Å². The second-order valence-electron chi connectivity index (χ2n) is 8.28. The fraction of sp³-hybridized carbons (Fsp3) is 0.600. The highest BCUT2D eigenvalue weighted by atomic mass is 19.2. The summed E-state index contributed by atoms with van der Waals surface area (Å²) in [6.07, 6.45) is 0.0105. The highest BCUT2D eigenvalue weighted by Crippen LogP contribution is 2.31. The summed E-state index contributed by atoms with van der Waals surface area (Å²) in [6, 6.07) is 2.09. The van der Waals surface area contributed by atoms with Gasteiger partial charge in [-0.25, -0.2) is 13.6 Å². The maximum absolute atomic E-state index is 13.8. The number of benzene rings is 1. The minimum absolute atomic E-state index is 0.214. The zero-order valence-electron chi connectivity index (χ0n) is 17.0. The fourth-order valence-corrected chi connectivity index (χ4v) is 3.40. The standard InChI is InChI=1S/C20H27F2N3O4/c1-20(2,3)29-19(27)25-5-4-13(12-25)18(26)23-16-10-14(21)15(22)11-17(16)24-6-8-28-9-7-24/h10-11,13H,4-9,12H2,1-3H3,(H,23,26)/t13-/m1/s1. The first kappa shape index (κ1) is 21.3. The summed E-state index contributed by atoms with van der Waals surface area (Å²) in [7, 11) is 0. The van der Waals surface area contributed by atoms with E-state index in [1.165, 1.54) is 4.90 Å². The lowest BCUT2D eigenvalue weighted by Crippen LogP contribution is -2.37. The van der Waals surface area contributed by atoms with Gasteiger partial charge in [0.1, 0.15) is 5.60 Å². The number of carbonyl (C=O) groups excluding carboxylic acids is 2. The number of likely N-dealkylation sites (tertiary alicyclic amines) is 1. The van der Waals surface area contributed by atoms with Gasteiger partial charge in [0.2, 0.25) is 5.91 Å². The molecular weight excluding hydrogens is 384 g/mol. The quantitative estimate of drug-likeness (QED) is 0.828. The molecule has 1 aromatic carbocycles. The van der Waals surface area contributed by atoms with Crippen molar-refractivity contribution in [3.8, 4) is 0 Å². The van der Waals surface area contributed by atoms with Crippen LogP contribution < -0.4 is 10.2 Å². The normalized spacial score (nSPS) is 20.0. The maximum Gasteiger partial charge on any atom is 0.410 e. The van der Waals surface area contributed by atoms with Crippen molar-refractivity contribution in [1.82, 2.24) is 4.90 Å². The molecular formula is C20H27F2N3O4. The lowest BCUT2D eigenvalue weighted by atomic mass is 10.1. The third kappa shape index (κ3) is 5.35. The lowest BCUT2D eigenvalue weighted by Gasteiger charge is -2.31. The summed E-state index contributed by atoms with van der Waals surface area (Å²) >= 11 is 0. The number of nitrogens with zero attached hydrogens (tertiary/aromatic N) is 2. The molecule has 3 rings (SSSR count). The van der Waals surface area contributed by atoms with Crippen molar-refractivity contribution >= 4 is 23.4 Å². The number of hydrogen-bond donors (Lipinski definition) is 1. The molecule has 160 valence electrons. The Balaban J connectivity index is 1.69. The van der Waals surface area contributed by atoms with Gasteiger partial charge in [-0.05, 0) is 27.2 Å². The van der Waals surface area contributed by atoms with Gasteiger partial charge in [0, 0.05) is 38.3 Å². The van der Waals surface area contributed by atoms with E-state index in [0.29, 0.717) is 45.0 Å². The third-order valence-electron chi connectivity index (χ3n) is 4.86. The molecule has 2 saturated heterocycles. The van der Waals surface area contributed by atoms with Crippen LogP contribution in [0.1, 0.15) is 27.2 Å². The number of nitrogens with one attached hydrogen (secondary N) is 1.